The number of hydrogen-bond acceptors (Lipinski definition) is 2. The van der Waals surface area contributed by atoms with Crippen LogP contribution >= 0.6 is 15.9 Å². The van der Waals surface area contributed by atoms with Crippen LogP contribution in [0.3, 0.4) is 0 Å². The molecule has 0 bridgehead atoms. The van der Waals surface area contributed by atoms with E-state index in [0.29, 0.717) is 11.5 Å². The summed E-state index contributed by atoms with van der Waals surface area (Å²) < 4.78 is 7.38. The molecule has 2 saturated carbocycles. The van der Waals surface area contributed by atoms with E-state index in [-0.39, 0.29) is 0 Å². The Balaban J connectivity index is 1.55. The molecule has 2 nitrogen and oxygen atoms in total. The highest BCUT2D eigenvalue weighted by atomic mass is 79.9. The topological polar surface area (TPSA) is 21.3 Å². The minimum Gasteiger partial charge on any atom is -0.377 e. The van der Waals surface area contributed by atoms with Crippen LogP contribution in [-0.4, -0.2) is 25.3 Å². The molecule has 3 heteroatoms. The van der Waals surface area contributed by atoms with Gasteiger partial charge >= 0.3 is 0 Å². The molecule has 3 fully saturated rings. The SMILES string of the molecule is Brc1cccc(CC2(CNC3CC3)CCOC2C2CC2)c1. The van der Waals surface area contributed by atoms with Crippen LogP contribution in [0.15, 0.2) is 28.7 Å². The summed E-state index contributed by atoms with van der Waals surface area (Å²) in [6.45, 7) is 2.08. The molecular formula is C18H24BrNO. The summed E-state index contributed by atoms with van der Waals surface area (Å²) in [5, 5.41) is 3.80. The first kappa shape index (κ1) is 14.2. The normalized spacial score (nSPS) is 32.5. The van der Waals surface area contributed by atoms with Crippen LogP contribution in [0.2, 0.25) is 0 Å². The van der Waals surface area contributed by atoms with Gasteiger partial charge in [0.15, 0.2) is 0 Å². The van der Waals surface area contributed by atoms with E-state index in [0.717, 1.165) is 31.5 Å². The lowest BCUT2D eigenvalue weighted by molar-refractivity contribution is 0.0305. The Kier molecular flexibility index (Phi) is 3.85. The van der Waals surface area contributed by atoms with E-state index in [1.807, 2.05) is 0 Å². The summed E-state index contributed by atoms with van der Waals surface area (Å²) in [6.07, 6.45) is 8.29. The molecule has 0 radical (unpaired) electrons. The molecule has 2 aliphatic carbocycles. The molecule has 1 aromatic carbocycles. The van der Waals surface area contributed by atoms with E-state index in [1.165, 1.54) is 42.1 Å². The van der Waals surface area contributed by atoms with Gasteiger partial charge in [0.1, 0.15) is 0 Å². The van der Waals surface area contributed by atoms with Gasteiger partial charge in [0, 0.05) is 29.1 Å². The Hall–Kier alpha value is -0.380. The van der Waals surface area contributed by atoms with Gasteiger partial charge < -0.3 is 10.1 Å². The van der Waals surface area contributed by atoms with Gasteiger partial charge in [-0.3, -0.25) is 0 Å². The van der Waals surface area contributed by atoms with E-state index < -0.39 is 0 Å². The molecule has 1 aliphatic heterocycles. The van der Waals surface area contributed by atoms with Crippen molar-refractivity contribution in [2.45, 2.75) is 50.7 Å². The summed E-state index contributed by atoms with van der Waals surface area (Å²) in [5.41, 5.74) is 1.75. The molecule has 0 amide bonds. The summed E-state index contributed by atoms with van der Waals surface area (Å²) in [6, 6.07) is 9.60. The molecule has 2 atom stereocenters. The lowest BCUT2D eigenvalue weighted by Gasteiger charge is -2.35. The molecule has 1 heterocycles. The Morgan fingerprint density at radius 1 is 1.24 bits per heavy atom. The van der Waals surface area contributed by atoms with Gasteiger partial charge in [0.25, 0.3) is 0 Å². The zero-order valence-corrected chi connectivity index (χ0v) is 14.1. The zero-order valence-electron chi connectivity index (χ0n) is 12.5. The number of benzene rings is 1. The molecule has 1 N–H and O–H groups in total. The predicted octanol–water partition coefficient (Wildman–Crippen LogP) is 3.93. The van der Waals surface area contributed by atoms with E-state index in [2.05, 4.69) is 45.5 Å². The average Bonchev–Trinajstić information content (AvgIpc) is 3.38. The van der Waals surface area contributed by atoms with Crippen molar-refractivity contribution in [2.24, 2.45) is 11.3 Å². The molecule has 0 spiro atoms. The van der Waals surface area contributed by atoms with Crippen molar-refractivity contribution >= 4 is 15.9 Å². The van der Waals surface area contributed by atoms with Crippen LogP contribution < -0.4 is 5.32 Å². The smallest absolute Gasteiger partial charge is 0.0675 e. The van der Waals surface area contributed by atoms with Gasteiger partial charge in [0.2, 0.25) is 0 Å². The summed E-state index contributed by atoms with van der Waals surface area (Å²) in [4.78, 5) is 0. The lowest BCUT2D eigenvalue weighted by atomic mass is 9.74. The number of ether oxygens (including phenoxy) is 1. The Bertz CT molecular complexity index is 512. The van der Waals surface area contributed by atoms with Gasteiger partial charge in [-0.05, 0) is 62.1 Å². The minimum atomic E-state index is 0.310. The van der Waals surface area contributed by atoms with Crippen molar-refractivity contribution in [3.8, 4) is 0 Å². The largest absolute Gasteiger partial charge is 0.377 e. The van der Waals surface area contributed by atoms with Crippen LogP contribution in [0.4, 0.5) is 0 Å². The van der Waals surface area contributed by atoms with E-state index >= 15 is 0 Å². The van der Waals surface area contributed by atoms with Gasteiger partial charge in [-0.1, -0.05) is 28.1 Å². The third-order valence-corrected chi connectivity index (χ3v) is 5.81. The van der Waals surface area contributed by atoms with Crippen LogP contribution in [-0.2, 0) is 11.2 Å². The van der Waals surface area contributed by atoms with Crippen molar-refractivity contribution < 1.29 is 4.74 Å². The molecule has 2 unspecified atom stereocenters. The summed E-state index contributed by atoms with van der Waals surface area (Å²) in [5.74, 6) is 0.820. The fourth-order valence-electron chi connectivity index (χ4n) is 3.87. The second-order valence-corrected chi connectivity index (χ2v) is 8.12. The molecule has 1 aromatic rings. The van der Waals surface area contributed by atoms with Crippen molar-refractivity contribution in [3.63, 3.8) is 0 Å². The summed E-state index contributed by atoms with van der Waals surface area (Å²) >= 11 is 3.61. The maximum absolute atomic E-state index is 6.20. The van der Waals surface area contributed by atoms with Crippen LogP contribution in [0.5, 0.6) is 0 Å². The van der Waals surface area contributed by atoms with E-state index in [1.54, 1.807) is 0 Å². The first-order valence-corrected chi connectivity index (χ1v) is 9.14. The highest BCUT2D eigenvalue weighted by Gasteiger charge is 2.51. The van der Waals surface area contributed by atoms with E-state index in [9.17, 15) is 0 Å². The molecule has 1 saturated heterocycles. The Morgan fingerprint density at radius 2 is 2.10 bits per heavy atom. The van der Waals surface area contributed by atoms with Gasteiger partial charge in [-0.2, -0.15) is 0 Å². The second-order valence-electron chi connectivity index (χ2n) is 7.20. The van der Waals surface area contributed by atoms with Crippen LogP contribution in [0.25, 0.3) is 0 Å². The number of hydrogen-bond donors (Lipinski definition) is 1. The molecule has 21 heavy (non-hydrogen) atoms. The first-order chi connectivity index (χ1) is 10.3. The molecular weight excluding hydrogens is 326 g/mol. The minimum absolute atomic E-state index is 0.310. The fourth-order valence-corrected chi connectivity index (χ4v) is 4.32. The molecule has 4 rings (SSSR count). The Labute approximate surface area is 135 Å². The zero-order chi connectivity index (χ0) is 14.3. The number of halogens is 1. The van der Waals surface area contributed by atoms with Gasteiger partial charge in [0.05, 0.1) is 6.10 Å². The van der Waals surface area contributed by atoms with Crippen molar-refractivity contribution in [3.05, 3.63) is 34.3 Å². The third kappa shape index (κ3) is 3.20. The standard InChI is InChI=1S/C18H24BrNO/c19-15-3-1-2-13(10-15)11-18(12-20-16-6-7-16)8-9-21-17(18)14-4-5-14/h1-3,10,14,16-17,20H,4-9,11-12H2. The molecule has 0 aromatic heterocycles. The maximum Gasteiger partial charge on any atom is 0.0675 e. The lowest BCUT2D eigenvalue weighted by Crippen LogP contribution is -2.44. The number of nitrogens with one attached hydrogen (secondary N) is 1. The van der Waals surface area contributed by atoms with Crippen LogP contribution in [0, 0.1) is 11.3 Å². The number of rotatable bonds is 6. The monoisotopic (exact) mass is 349 g/mol. The predicted molar refractivity (Wildman–Crippen MR) is 88.4 cm³/mol. The quantitative estimate of drug-likeness (QED) is 0.839. The van der Waals surface area contributed by atoms with Gasteiger partial charge in [-0.25, -0.2) is 0 Å². The highest BCUT2D eigenvalue weighted by molar-refractivity contribution is 9.10. The van der Waals surface area contributed by atoms with Gasteiger partial charge in [-0.15, -0.1) is 0 Å². The Morgan fingerprint density at radius 3 is 2.81 bits per heavy atom. The average molecular weight is 350 g/mol. The van der Waals surface area contributed by atoms with Crippen LogP contribution in [0.1, 0.15) is 37.7 Å². The second kappa shape index (κ2) is 5.68. The maximum atomic E-state index is 6.20. The molecule has 114 valence electrons. The van der Waals surface area contributed by atoms with Crippen molar-refractivity contribution in [1.82, 2.24) is 5.32 Å². The van der Waals surface area contributed by atoms with E-state index in [4.69, 9.17) is 4.74 Å². The first-order valence-electron chi connectivity index (χ1n) is 8.35. The molecule has 3 aliphatic rings. The summed E-state index contributed by atoms with van der Waals surface area (Å²) in [7, 11) is 0. The van der Waals surface area contributed by atoms with Crippen molar-refractivity contribution in [2.75, 3.05) is 13.2 Å². The highest BCUT2D eigenvalue weighted by Crippen LogP contribution is 2.49. The third-order valence-electron chi connectivity index (χ3n) is 5.32. The fraction of sp³-hybridized carbons (Fsp3) is 0.667. The van der Waals surface area contributed by atoms with Crippen molar-refractivity contribution in [1.29, 1.82) is 0 Å².